The van der Waals surface area contributed by atoms with Gasteiger partial charge in [-0.05, 0) is 161 Å². The van der Waals surface area contributed by atoms with E-state index in [1.54, 1.807) is 0 Å². The third-order valence-electron chi connectivity index (χ3n) is 15.6. The number of benzene rings is 8. The summed E-state index contributed by atoms with van der Waals surface area (Å²) in [7, 11) is 0. The van der Waals surface area contributed by atoms with Crippen molar-refractivity contribution in [2.45, 2.75) is 111 Å². The molecule has 0 saturated heterocycles. The summed E-state index contributed by atoms with van der Waals surface area (Å²) in [5.74, 6) is 0. The maximum absolute atomic E-state index is 2.49. The molecule has 8 aromatic carbocycles. The molecule has 0 aliphatic heterocycles. The largest absolute Gasteiger partial charge is 0.310 e. The molecule has 0 spiro atoms. The van der Waals surface area contributed by atoms with Crippen LogP contribution in [0.1, 0.15) is 112 Å². The molecular weight excluding hydrogens is 889 g/mol. The second-order valence-corrected chi connectivity index (χ2v) is 22.2. The lowest BCUT2D eigenvalue weighted by Crippen LogP contribution is -2.16. The zero-order valence-electron chi connectivity index (χ0n) is 43.0. The number of rotatable bonds is 18. The molecule has 0 atom stereocenters. The molecule has 1 aliphatic rings. The molecule has 11 rings (SSSR count). The molecule has 2 aromatic heterocycles. The fraction of sp³-hybridized carbons (Fsp3) is 0.246. The van der Waals surface area contributed by atoms with Crippen LogP contribution in [-0.4, -0.2) is 4.57 Å². The van der Waals surface area contributed by atoms with Crippen LogP contribution in [0.15, 0.2) is 188 Å². The fourth-order valence-corrected chi connectivity index (χ4v) is 12.8. The Morgan fingerprint density at radius 3 is 1.76 bits per heavy atom. The molecule has 72 heavy (non-hydrogen) atoms. The average molecular weight is 957 g/mol. The van der Waals surface area contributed by atoms with Crippen molar-refractivity contribution < 1.29 is 0 Å². The number of unbranched alkanes of at least 4 members (excludes halogenated alkanes) is 9. The quantitative estimate of drug-likeness (QED) is 0.0778. The maximum atomic E-state index is 2.49. The standard InChI is InChI=1S/C69H68N2S/c1-6-7-8-9-10-11-12-13-14-16-25-53-46-68(72-49(53)3)55-42-48(2)43-59(44-55)71-66-29-22-20-27-62(66)63-45-54(34-41-67(63)71)52-32-37-57(38-33-52)70(56-35-30-51(31-36-56)50-23-17-15-18-24-50)58-39-40-61-60-26-19-21-28-64(60)69(4,5)65(61)47-58/h15,17-24,26-47H,6-14,16,25H2,1-5H3. The van der Waals surface area contributed by atoms with Gasteiger partial charge in [0.1, 0.15) is 0 Å². The van der Waals surface area contributed by atoms with Crippen LogP contribution in [0.4, 0.5) is 17.1 Å². The lowest BCUT2D eigenvalue weighted by atomic mass is 9.82. The van der Waals surface area contributed by atoms with Gasteiger partial charge in [0.05, 0.1) is 11.0 Å². The minimum absolute atomic E-state index is 0.100. The van der Waals surface area contributed by atoms with E-state index in [1.807, 2.05) is 11.3 Å². The highest BCUT2D eigenvalue weighted by atomic mass is 32.1. The number of aryl methyl sites for hydroxylation is 3. The van der Waals surface area contributed by atoms with Crippen LogP contribution in [0.5, 0.6) is 0 Å². The van der Waals surface area contributed by atoms with Gasteiger partial charge in [-0.3, -0.25) is 0 Å². The highest BCUT2D eigenvalue weighted by Gasteiger charge is 2.35. The number of para-hydroxylation sites is 1. The monoisotopic (exact) mass is 957 g/mol. The van der Waals surface area contributed by atoms with Crippen LogP contribution in [0.2, 0.25) is 0 Å². The lowest BCUT2D eigenvalue weighted by molar-refractivity contribution is 0.556. The van der Waals surface area contributed by atoms with Crippen molar-refractivity contribution in [1.82, 2.24) is 4.57 Å². The lowest BCUT2D eigenvalue weighted by Gasteiger charge is -2.28. The summed E-state index contributed by atoms with van der Waals surface area (Å²) in [6, 6.07) is 70.5. The van der Waals surface area contributed by atoms with E-state index in [9.17, 15) is 0 Å². The molecule has 0 fully saturated rings. The zero-order chi connectivity index (χ0) is 49.2. The second kappa shape index (κ2) is 20.7. The first kappa shape index (κ1) is 47.4. The van der Waals surface area contributed by atoms with Crippen molar-refractivity contribution in [3.8, 4) is 49.5 Å². The van der Waals surface area contributed by atoms with Crippen LogP contribution in [0.3, 0.4) is 0 Å². The molecule has 2 heterocycles. The molecule has 3 heteroatoms. The minimum Gasteiger partial charge on any atom is -0.310 e. The Morgan fingerprint density at radius 1 is 0.444 bits per heavy atom. The Labute approximate surface area is 432 Å². The van der Waals surface area contributed by atoms with Gasteiger partial charge in [-0.2, -0.15) is 0 Å². The predicted octanol–water partition coefficient (Wildman–Crippen LogP) is 20.7. The van der Waals surface area contributed by atoms with Crippen LogP contribution in [0.25, 0.3) is 71.3 Å². The Morgan fingerprint density at radius 2 is 1.03 bits per heavy atom. The summed E-state index contributed by atoms with van der Waals surface area (Å²) in [4.78, 5) is 5.26. The number of hydrogen-bond donors (Lipinski definition) is 0. The molecule has 2 nitrogen and oxygen atoms in total. The number of fused-ring (bicyclic) bond motifs is 6. The zero-order valence-corrected chi connectivity index (χ0v) is 43.8. The van der Waals surface area contributed by atoms with Gasteiger partial charge in [-0.25, -0.2) is 0 Å². The maximum Gasteiger partial charge on any atom is 0.0541 e. The first-order valence-corrected chi connectivity index (χ1v) is 27.6. The van der Waals surface area contributed by atoms with Gasteiger partial charge in [0.25, 0.3) is 0 Å². The molecule has 0 N–H and O–H groups in total. The highest BCUT2D eigenvalue weighted by molar-refractivity contribution is 7.15. The first-order valence-electron chi connectivity index (χ1n) is 26.8. The van der Waals surface area contributed by atoms with Crippen LogP contribution >= 0.6 is 11.3 Å². The van der Waals surface area contributed by atoms with Gasteiger partial charge < -0.3 is 9.47 Å². The van der Waals surface area contributed by atoms with Crippen molar-refractivity contribution >= 4 is 50.2 Å². The third-order valence-corrected chi connectivity index (χ3v) is 16.8. The predicted molar refractivity (Wildman–Crippen MR) is 312 cm³/mol. The summed E-state index contributed by atoms with van der Waals surface area (Å²) >= 11 is 1.96. The molecule has 10 aromatic rings. The van der Waals surface area contributed by atoms with Crippen LogP contribution < -0.4 is 4.90 Å². The normalized spacial score (nSPS) is 12.7. The molecule has 360 valence electrons. The average Bonchev–Trinajstić information content (AvgIpc) is 4.03. The fourth-order valence-electron chi connectivity index (χ4n) is 11.7. The second-order valence-electron chi connectivity index (χ2n) is 21.0. The SMILES string of the molecule is CCCCCCCCCCCCc1cc(-c2cc(C)cc(-n3c4ccccc4c4cc(-c5ccc(N(c6ccc(-c7ccccc7)cc6)c6ccc7c(c6)C(C)(C)c6ccccc6-7)cc5)ccc43)c2)sc1C. The van der Waals surface area contributed by atoms with E-state index in [1.165, 1.54) is 169 Å². The molecule has 0 radical (unpaired) electrons. The van der Waals surface area contributed by atoms with Gasteiger partial charge in [0.15, 0.2) is 0 Å². The highest BCUT2D eigenvalue weighted by Crippen LogP contribution is 2.51. The smallest absolute Gasteiger partial charge is 0.0541 e. The minimum atomic E-state index is -0.100. The summed E-state index contributed by atoms with van der Waals surface area (Å²) < 4.78 is 2.48. The van der Waals surface area contributed by atoms with E-state index in [4.69, 9.17) is 0 Å². The van der Waals surface area contributed by atoms with Crippen molar-refractivity contribution in [2.75, 3.05) is 4.90 Å². The van der Waals surface area contributed by atoms with Crippen LogP contribution in [0, 0.1) is 13.8 Å². The molecule has 0 unspecified atom stereocenters. The van der Waals surface area contributed by atoms with E-state index in [0.29, 0.717) is 0 Å². The van der Waals surface area contributed by atoms with Gasteiger partial charge >= 0.3 is 0 Å². The van der Waals surface area contributed by atoms with Crippen molar-refractivity contribution in [1.29, 1.82) is 0 Å². The number of nitrogens with zero attached hydrogens (tertiary/aromatic N) is 2. The van der Waals surface area contributed by atoms with E-state index in [0.717, 1.165) is 17.1 Å². The number of hydrogen-bond acceptors (Lipinski definition) is 2. The Bertz CT molecular complexity index is 3500. The molecular formula is C69H68N2S. The van der Waals surface area contributed by atoms with Crippen molar-refractivity contribution in [2.24, 2.45) is 0 Å². The summed E-state index contributed by atoms with van der Waals surface area (Å²) in [6.45, 7) is 11.6. The molecule has 0 bridgehead atoms. The third kappa shape index (κ3) is 9.36. The Kier molecular flexibility index (Phi) is 13.6. The molecule has 1 aliphatic carbocycles. The molecule has 0 amide bonds. The van der Waals surface area contributed by atoms with E-state index < -0.39 is 0 Å². The summed E-state index contributed by atoms with van der Waals surface area (Å²) in [5.41, 5.74) is 21.4. The molecule has 0 saturated carbocycles. The topological polar surface area (TPSA) is 8.17 Å². The summed E-state index contributed by atoms with van der Waals surface area (Å²) in [5, 5.41) is 2.54. The van der Waals surface area contributed by atoms with Gasteiger partial charge in [-0.15, -0.1) is 11.3 Å². The van der Waals surface area contributed by atoms with E-state index >= 15 is 0 Å². The number of anilines is 3. The van der Waals surface area contributed by atoms with E-state index in [2.05, 4.69) is 232 Å². The summed E-state index contributed by atoms with van der Waals surface area (Å²) in [6.07, 6.45) is 14.9. The Hall–Kier alpha value is -6.94. The van der Waals surface area contributed by atoms with Gasteiger partial charge in [-0.1, -0.05) is 194 Å². The van der Waals surface area contributed by atoms with Crippen LogP contribution in [-0.2, 0) is 11.8 Å². The van der Waals surface area contributed by atoms with Crippen molar-refractivity contribution in [3.05, 3.63) is 215 Å². The first-order chi connectivity index (χ1) is 35.2. The number of thiophene rings is 1. The Balaban J connectivity index is 0.882. The van der Waals surface area contributed by atoms with Gasteiger partial charge in [0.2, 0.25) is 0 Å². The van der Waals surface area contributed by atoms with Gasteiger partial charge in [0, 0.05) is 48.7 Å². The number of aromatic nitrogens is 1. The van der Waals surface area contributed by atoms with Crippen molar-refractivity contribution in [3.63, 3.8) is 0 Å². The van der Waals surface area contributed by atoms with E-state index in [-0.39, 0.29) is 5.41 Å².